The number of tetrazole rings is 1. The van der Waals surface area contributed by atoms with Gasteiger partial charge in [-0.15, -0.1) is 16.6 Å². The highest BCUT2D eigenvalue weighted by molar-refractivity contribution is 8.01. The minimum atomic E-state index is -1.25. The third kappa shape index (κ3) is 3.87. The fourth-order valence-electron chi connectivity index (χ4n) is 3.27. The molecule has 1 saturated heterocycles. The fourth-order valence-corrected chi connectivity index (χ4v) is 5.55. The maximum absolute atomic E-state index is 12.8. The van der Waals surface area contributed by atoms with Gasteiger partial charge in [-0.05, 0) is 16.0 Å². The molecule has 2 aliphatic rings. The predicted molar refractivity (Wildman–Crippen MR) is 113 cm³/mol. The molecule has 0 saturated carbocycles. The second-order valence-electron chi connectivity index (χ2n) is 6.63. The van der Waals surface area contributed by atoms with E-state index in [1.54, 1.807) is 30.3 Å². The predicted octanol–water partition coefficient (Wildman–Crippen LogP) is -0.904. The number of carboxylic acids is 1. The molecule has 1 aromatic carbocycles. The van der Waals surface area contributed by atoms with Gasteiger partial charge < -0.3 is 21.5 Å². The molecule has 2 aliphatic heterocycles. The van der Waals surface area contributed by atoms with E-state index < -0.39 is 29.2 Å². The summed E-state index contributed by atoms with van der Waals surface area (Å²) in [5, 5.41) is 34.9. The van der Waals surface area contributed by atoms with Crippen LogP contribution in [0.25, 0.3) is 0 Å². The Morgan fingerprint density at radius 2 is 2.09 bits per heavy atom. The Morgan fingerprint density at radius 3 is 2.72 bits per heavy atom. The molecule has 5 N–H and O–H groups in total. The summed E-state index contributed by atoms with van der Waals surface area (Å²) in [4.78, 5) is 39.4. The summed E-state index contributed by atoms with van der Waals surface area (Å²) in [6.45, 7) is 0. The van der Waals surface area contributed by atoms with Gasteiger partial charge in [0.05, 0.1) is 0 Å². The van der Waals surface area contributed by atoms with Crippen molar-refractivity contribution < 1.29 is 24.7 Å². The first-order chi connectivity index (χ1) is 15.4. The highest BCUT2D eigenvalue weighted by atomic mass is 32.2. The first-order valence-electron chi connectivity index (χ1n) is 9.07. The van der Waals surface area contributed by atoms with Gasteiger partial charge in [-0.3, -0.25) is 14.5 Å². The number of aromatic nitrogens is 4. The van der Waals surface area contributed by atoms with E-state index in [2.05, 4.69) is 26.0 Å². The van der Waals surface area contributed by atoms with E-state index in [-0.39, 0.29) is 17.2 Å². The van der Waals surface area contributed by atoms with Crippen LogP contribution in [0.4, 0.5) is 0 Å². The topological polar surface area (TPSA) is 189 Å². The number of nitrogens with two attached hydrogens (primary N) is 1. The molecular weight excluding hydrogens is 460 g/mol. The van der Waals surface area contributed by atoms with Crippen molar-refractivity contribution in [2.24, 2.45) is 5.16 Å². The number of carboxylic acid groups (broad SMARTS) is 1. The monoisotopic (exact) mass is 476 g/mol. The summed E-state index contributed by atoms with van der Waals surface area (Å²) in [6.07, 6.45) is 0. The lowest BCUT2D eigenvalue weighted by Gasteiger charge is -2.49. The Labute approximate surface area is 188 Å². The summed E-state index contributed by atoms with van der Waals surface area (Å²) in [5.74, 6) is 3.55. The Bertz CT molecular complexity index is 1130. The van der Waals surface area contributed by atoms with E-state index in [9.17, 15) is 24.7 Å². The van der Waals surface area contributed by atoms with Crippen molar-refractivity contribution in [3.8, 4) is 0 Å². The molecule has 15 heteroatoms. The molecule has 2 amide bonds. The van der Waals surface area contributed by atoms with Crippen molar-refractivity contribution >= 4 is 47.0 Å². The Morgan fingerprint density at radius 1 is 1.34 bits per heavy atom. The molecule has 1 aromatic heterocycles. The molecule has 32 heavy (non-hydrogen) atoms. The maximum Gasteiger partial charge on any atom is 0.352 e. The molecule has 0 spiro atoms. The Balaban J connectivity index is 1.49. The largest absolute Gasteiger partial charge is 0.477 e. The zero-order valence-electron chi connectivity index (χ0n) is 16.2. The average molecular weight is 477 g/mol. The highest BCUT2D eigenvalue weighted by Crippen LogP contribution is 2.41. The van der Waals surface area contributed by atoms with Crippen LogP contribution >= 0.6 is 23.5 Å². The molecule has 2 atom stereocenters. The van der Waals surface area contributed by atoms with Crippen molar-refractivity contribution in [1.82, 2.24) is 30.5 Å². The number of thioether (sulfide) groups is 2. The first kappa shape index (κ1) is 21.6. The van der Waals surface area contributed by atoms with E-state index in [4.69, 9.17) is 5.84 Å². The molecule has 0 aliphatic carbocycles. The van der Waals surface area contributed by atoms with E-state index in [0.717, 1.165) is 21.5 Å². The number of nitrogens with zero attached hydrogens (tertiary/aromatic N) is 6. The number of benzene rings is 1. The number of β-lactam (4-membered cyclic amide) rings is 1. The minimum Gasteiger partial charge on any atom is -0.477 e. The smallest absolute Gasteiger partial charge is 0.352 e. The lowest BCUT2D eigenvalue weighted by atomic mass is 10.0. The number of aliphatic carboxylic acids is 1. The van der Waals surface area contributed by atoms with Gasteiger partial charge >= 0.3 is 5.97 Å². The number of rotatable bonds is 7. The van der Waals surface area contributed by atoms with Gasteiger partial charge in [-0.1, -0.05) is 52.3 Å². The van der Waals surface area contributed by atoms with E-state index in [1.165, 1.54) is 11.8 Å². The van der Waals surface area contributed by atoms with Crippen LogP contribution in [-0.2, 0) is 14.4 Å². The molecule has 0 bridgehead atoms. The second kappa shape index (κ2) is 8.88. The van der Waals surface area contributed by atoms with Crippen molar-refractivity contribution in [3.05, 3.63) is 47.2 Å². The third-order valence-electron chi connectivity index (χ3n) is 4.74. The molecule has 3 heterocycles. The number of nitrogen functional groups attached to an aromatic ring is 1. The zero-order valence-corrected chi connectivity index (χ0v) is 17.8. The number of carbonyl (C=O) groups excluding carboxylic acids is 2. The maximum atomic E-state index is 12.8. The van der Waals surface area contributed by atoms with Crippen LogP contribution < -0.4 is 11.2 Å². The van der Waals surface area contributed by atoms with Crippen LogP contribution in [-0.4, -0.2) is 81.9 Å². The lowest BCUT2D eigenvalue weighted by molar-refractivity contribution is -0.150. The van der Waals surface area contributed by atoms with Crippen molar-refractivity contribution in [3.63, 3.8) is 0 Å². The van der Waals surface area contributed by atoms with Gasteiger partial charge in [-0.25, -0.2) is 4.79 Å². The number of amides is 2. The number of nitrogens with one attached hydrogen (secondary N) is 1. The first-order valence-corrected chi connectivity index (χ1v) is 11.1. The van der Waals surface area contributed by atoms with Gasteiger partial charge in [0.2, 0.25) is 5.16 Å². The van der Waals surface area contributed by atoms with Gasteiger partial charge in [-0.2, -0.15) is 0 Å². The van der Waals surface area contributed by atoms with Gasteiger partial charge in [0.25, 0.3) is 11.8 Å². The molecule has 166 valence electrons. The van der Waals surface area contributed by atoms with E-state index in [1.807, 2.05) is 0 Å². The minimum absolute atomic E-state index is 0.132. The number of hydrogen-bond donors (Lipinski definition) is 4. The van der Waals surface area contributed by atoms with Crippen LogP contribution in [0.2, 0.25) is 0 Å². The van der Waals surface area contributed by atoms with E-state index >= 15 is 0 Å². The summed E-state index contributed by atoms with van der Waals surface area (Å²) >= 11 is 2.46. The van der Waals surface area contributed by atoms with Gasteiger partial charge in [0.1, 0.15) is 17.1 Å². The second-order valence-corrected chi connectivity index (χ2v) is 8.68. The van der Waals surface area contributed by atoms with Crippen molar-refractivity contribution in [2.75, 3.05) is 17.3 Å². The van der Waals surface area contributed by atoms with E-state index in [0.29, 0.717) is 22.0 Å². The molecule has 0 radical (unpaired) electrons. The summed E-state index contributed by atoms with van der Waals surface area (Å²) in [5.41, 5.74) is 0.502. The summed E-state index contributed by atoms with van der Waals surface area (Å²) < 4.78 is 0. The van der Waals surface area contributed by atoms with Crippen molar-refractivity contribution in [2.45, 2.75) is 16.6 Å². The lowest BCUT2D eigenvalue weighted by Crippen LogP contribution is -2.71. The van der Waals surface area contributed by atoms with Crippen LogP contribution in [0.1, 0.15) is 5.56 Å². The molecular formula is C17H16N8O5S2. The normalized spacial score (nSPS) is 20.6. The van der Waals surface area contributed by atoms with Crippen LogP contribution in [0.3, 0.4) is 0 Å². The molecule has 2 aromatic rings. The SMILES string of the molecule is Nn1nnnc1SCC1=C(C(=O)O)N2C(=O)[C@@H](NC(=O)/C(=N\O)c3ccccc3)[C@@H]2SC1. The number of oxime groups is 1. The van der Waals surface area contributed by atoms with Gasteiger partial charge in [0, 0.05) is 17.1 Å². The number of fused-ring (bicyclic) bond motifs is 1. The van der Waals surface area contributed by atoms with Crippen LogP contribution in [0, 0.1) is 0 Å². The summed E-state index contributed by atoms with van der Waals surface area (Å²) in [6, 6.07) is 7.32. The molecule has 4 rings (SSSR count). The number of carbonyl (C=O) groups is 3. The fraction of sp³-hybridized carbons (Fsp3) is 0.235. The molecule has 13 nitrogen and oxygen atoms in total. The van der Waals surface area contributed by atoms with Crippen LogP contribution in [0.15, 0.2) is 51.9 Å². The third-order valence-corrected chi connectivity index (χ3v) is 7.10. The van der Waals surface area contributed by atoms with Crippen molar-refractivity contribution in [1.29, 1.82) is 0 Å². The summed E-state index contributed by atoms with van der Waals surface area (Å²) in [7, 11) is 0. The Hall–Kier alpha value is -3.59. The number of hydrogen-bond acceptors (Lipinski definition) is 11. The standard InChI is InChI=1S/C17H16N8O5S2/c18-25-17(20-22-23-25)32-7-9-6-31-15-11(14(27)24(15)12(9)16(28)29)19-13(26)10(21-30)8-4-2-1-3-5-8/h1-5,11,15,30H,6-7,18H2,(H,19,26)(H,28,29)/b21-10-/t11-,15+/m1/s1. The van der Waals surface area contributed by atoms with Crippen LogP contribution in [0.5, 0.6) is 0 Å². The zero-order chi connectivity index (χ0) is 22.8. The Kier molecular flexibility index (Phi) is 6.00. The average Bonchev–Trinajstić information content (AvgIpc) is 3.21. The van der Waals surface area contributed by atoms with Gasteiger partial charge in [0.15, 0.2) is 5.71 Å². The quantitative estimate of drug-likeness (QED) is 0.0967. The highest BCUT2D eigenvalue weighted by Gasteiger charge is 2.54. The molecule has 1 fully saturated rings. The molecule has 0 unspecified atom stereocenters.